The number of likely N-dealkylation sites (tertiary alicyclic amines) is 1. The van der Waals surface area contributed by atoms with Crippen LogP contribution in [-0.4, -0.2) is 49.6 Å². The lowest BCUT2D eigenvalue weighted by Crippen LogP contribution is -2.49. The number of hydrogen-bond acceptors (Lipinski definition) is 2. The normalized spacial score (nSPS) is 19.7. The minimum Gasteiger partial charge on any atom is -0.356 e. The van der Waals surface area contributed by atoms with E-state index in [2.05, 4.69) is 63.0 Å². The smallest absolute Gasteiger partial charge is 0.191 e. The third-order valence-corrected chi connectivity index (χ3v) is 5.72. The Bertz CT molecular complexity index is 752. The van der Waals surface area contributed by atoms with Gasteiger partial charge in [0.2, 0.25) is 0 Å². The maximum Gasteiger partial charge on any atom is 0.191 e. The van der Waals surface area contributed by atoms with E-state index < -0.39 is 0 Å². The quantitative estimate of drug-likeness (QED) is 0.643. The van der Waals surface area contributed by atoms with Crippen molar-refractivity contribution in [2.45, 2.75) is 44.2 Å². The molecule has 2 aromatic rings. The molecule has 2 fully saturated rings. The molecule has 0 spiro atoms. The molecule has 1 aliphatic carbocycles. The van der Waals surface area contributed by atoms with Gasteiger partial charge in [-0.25, -0.2) is 0 Å². The largest absolute Gasteiger partial charge is 0.356 e. The molecule has 0 amide bonds. The van der Waals surface area contributed by atoms with E-state index in [-0.39, 0.29) is 0 Å². The molecule has 0 unspecified atom stereocenters. The summed E-state index contributed by atoms with van der Waals surface area (Å²) in [7, 11) is 1.87. The van der Waals surface area contributed by atoms with Crippen LogP contribution in [0, 0.1) is 0 Å². The summed E-state index contributed by atoms with van der Waals surface area (Å²) in [5, 5.41) is 9.79. The Hall–Kier alpha value is -2.07. The molecule has 4 rings (SSSR count). The first-order valence-electron chi connectivity index (χ1n) is 10.0. The van der Waals surface area contributed by atoms with Crippen molar-refractivity contribution in [3.63, 3.8) is 0 Å². The summed E-state index contributed by atoms with van der Waals surface area (Å²) in [5.41, 5.74) is 1.39. The van der Waals surface area contributed by atoms with Gasteiger partial charge >= 0.3 is 0 Å². The summed E-state index contributed by atoms with van der Waals surface area (Å²) in [6.07, 6.45) is 6.27. The zero-order valence-electron chi connectivity index (χ0n) is 15.7. The average molecular weight is 351 g/mol. The Morgan fingerprint density at radius 3 is 2.58 bits per heavy atom. The molecule has 1 saturated carbocycles. The van der Waals surface area contributed by atoms with Gasteiger partial charge in [-0.05, 0) is 48.4 Å². The third-order valence-electron chi connectivity index (χ3n) is 5.72. The van der Waals surface area contributed by atoms with Crippen molar-refractivity contribution < 1.29 is 0 Å². The highest BCUT2D eigenvalue weighted by molar-refractivity contribution is 5.85. The highest BCUT2D eigenvalue weighted by atomic mass is 15.2. The molecule has 2 N–H and O–H groups in total. The third kappa shape index (κ3) is 4.18. The minimum absolute atomic E-state index is 0.550. The second-order valence-corrected chi connectivity index (χ2v) is 7.57. The molecule has 4 nitrogen and oxygen atoms in total. The van der Waals surface area contributed by atoms with E-state index in [4.69, 9.17) is 0 Å². The molecule has 26 heavy (non-hydrogen) atoms. The van der Waals surface area contributed by atoms with Gasteiger partial charge in [0.1, 0.15) is 0 Å². The van der Waals surface area contributed by atoms with Crippen LogP contribution in [-0.2, 0) is 6.42 Å². The molecular weight excluding hydrogens is 320 g/mol. The summed E-state index contributed by atoms with van der Waals surface area (Å²) < 4.78 is 0. The molecule has 2 aliphatic rings. The Balaban J connectivity index is 1.26. The molecule has 0 bridgehead atoms. The summed E-state index contributed by atoms with van der Waals surface area (Å²) in [6.45, 7) is 3.36. The molecule has 2 aromatic carbocycles. The monoisotopic (exact) mass is 350 g/mol. The van der Waals surface area contributed by atoms with E-state index in [9.17, 15) is 0 Å². The van der Waals surface area contributed by atoms with Crippen LogP contribution in [0.15, 0.2) is 47.5 Å². The molecule has 1 saturated heterocycles. The first kappa shape index (κ1) is 17.3. The van der Waals surface area contributed by atoms with Gasteiger partial charge in [0.05, 0.1) is 0 Å². The molecule has 0 radical (unpaired) electrons. The SMILES string of the molecule is CN=C(NCCc1cccc2ccccc12)NC1CCN(C2CC2)CC1. The van der Waals surface area contributed by atoms with Crippen LogP contribution in [0.2, 0.25) is 0 Å². The fraction of sp³-hybridized carbons (Fsp3) is 0.500. The molecular formula is C22H30N4. The predicted octanol–water partition coefficient (Wildman–Crippen LogP) is 3.17. The van der Waals surface area contributed by atoms with Crippen molar-refractivity contribution in [1.82, 2.24) is 15.5 Å². The van der Waals surface area contributed by atoms with Crippen LogP contribution in [0.1, 0.15) is 31.2 Å². The molecule has 4 heteroatoms. The topological polar surface area (TPSA) is 39.7 Å². The Labute approximate surface area is 156 Å². The number of piperidine rings is 1. The van der Waals surface area contributed by atoms with Crippen molar-refractivity contribution in [1.29, 1.82) is 0 Å². The zero-order valence-corrected chi connectivity index (χ0v) is 15.7. The maximum absolute atomic E-state index is 4.42. The number of hydrogen-bond donors (Lipinski definition) is 2. The summed E-state index contributed by atoms with van der Waals surface area (Å²) in [5.74, 6) is 0.940. The maximum atomic E-state index is 4.42. The fourth-order valence-electron chi connectivity index (χ4n) is 4.06. The molecule has 1 aliphatic heterocycles. The van der Waals surface area contributed by atoms with E-state index in [1.54, 1.807) is 0 Å². The lowest BCUT2D eigenvalue weighted by molar-refractivity contribution is 0.197. The predicted molar refractivity (Wildman–Crippen MR) is 110 cm³/mol. The summed E-state index contributed by atoms with van der Waals surface area (Å²) in [6, 6.07) is 16.6. The molecule has 0 atom stereocenters. The number of fused-ring (bicyclic) bond motifs is 1. The van der Waals surface area contributed by atoms with Crippen molar-refractivity contribution in [2.75, 3.05) is 26.7 Å². The Kier molecular flexibility index (Phi) is 5.40. The molecule has 138 valence electrons. The Morgan fingerprint density at radius 1 is 1.04 bits per heavy atom. The molecule has 1 heterocycles. The van der Waals surface area contributed by atoms with Gasteiger partial charge in [-0.2, -0.15) is 0 Å². The standard InChI is InChI=1S/C22H30N4/c1-23-22(25-19-12-15-26(16-13-19)20-9-10-20)24-14-11-18-7-4-6-17-5-2-3-8-21(17)18/h2-8,19-20H,9-16H2,1H3,(H2,23,24,25). The fourth-order valence-corrected chi connectivity index (χ4v) is 4.06. The number of nitrogens with one attached hydrogen (secondary N) is 2. The molecule has 0 aromatic heterocycles. The number of nitrogens with zero attached hydrogens (tertiary/aromatic N) is 2. The van der Waals surface area contributed by atoms with E-state index in [0.717, 1.165) is 25.0 Å². The van der Waals surface area contributed by atoms with E-state index in [0.29, 0.717) is 6.04 Å². The first-order valence-corrected chi connectivity index (χ1v) is 10.0. The second kappa shape index (κ2) is 8.09. The van der Waals surface area contributed by atoms with Crippen LogP contribution < -0.4 is 10.6 Å². The zero-order chi connectivity index (χ0) is 17.8. The van der Waals surface area contributed by atoms with Crippen LogP contribution in [0.5, 0.6) is 0 Å². The highest BCUT2D eigenvalue weighted by Gasteiger charge is 2.31. The average Bonchev–Trinajstić information content (AvgIpc) is 3.53. The van der Waals surface area contributed by atoms with E-state index in [1.807, 2.05) is 7.05 Å². The van der Waals surface area contributed by atoms with Crippen molar-refractivity contribution >= 4 is 16.7 Å². The van der Waals surface area contributed by atoms with Crippen molar-refractivity contribution in [2.24, 2.45) is 4.99 Å². The van der Waals surface area contributed by atoms with Gasteiger partial charge in [-0.1, -0.05) is 42.5 Å². The highest BCUT2D eigenvalue weighted by Crippen LogP contribution is 2.29. The van der Waals surface area contributed by atoms with Gasteiger partial charge in [0.25, 0.3) is 0 Å². The number of rotatable bonds is 5. The van der Waals surface area contributed by atoms with Crippen LogP contribution in [0.25, 0.3) is 10.8 Å². The first-order chi connectivity index (χ1) is 12.8. The lowest BCUT2D eigenvalue weighted by Gasteiger charge is -2.33. The van der Waals surface area contributed by atoms with Crippen molar-refractivity contribution in [3.05, 3.63) is 48.0 Å². The van der Waals surface area contributed by atoms with E-state index in [1.165, 1.54) is 55.1 Å². The minimum atomic E-state index is 0.550. The van der Waals surface area contributed by atoms with Gasteiger partial charge in [-0.15, -0.1) is 0 Å². The van der Waals surface area contributed by atoms with Gasteiger partial charge in [-0.3, -0.25) is 4.99 Å². The Morgan fingerprint density at radius 2 is 1.81 bits per heavy atom. The number of guanidine groups is 1. The summed E-state index contributed by atoms with van der Waals surface area (Å²) in [4.78, 5) is 7.08. The van der Waals surface area contributed by atoms with Gasteiger partial charge in [0, 0.05) is 38.8 Å². The van der Waals surface area contributed by atoms with Crippen LogP contribution >= 0.6 is 0 Å². The van der Waals surface area contributed by atoms with Gasteiger partial charge < -0.3 is 15.5 Å². The number of aliphatic imine (C=N–C) groups is 1. The van der Waals surface area contributed by atoms with E-state index >= 15 is 0 Å². The lowest BCUT2D eigenvalue weighted by atomic mass is 10.0. The van der Waals surface area contributed by atoms with Crippen LogP contribution in [0.4, 0.5) is 0 Å². The second-order valence-electron chi connectivity index (χ2n) is 7.57. The number of benzene rings is 2. The van der Waals surface area contributed by atoms with Crippen LogP contribution in [0.3, 0.4) is 0 Å². The van der Waals surface area contributed by atoms with Gasteiger partial charge in [0.15, 0.2) is 5.96 Å². The summed E-state index contributed by atoms with van der Waals surface area (Å²) >= 11 is 0. The van der Waals surface area contributed by atoms with Crippen molar-refractivity contribution in [3.8, 4) is 0 Å².